The summed E-state index contributed by atoms with van der Waals surface area (Å²) in [5.41, 5.74) is -0.516. The van der Waals surface area contributed by atoms with Gasteiger partial charge in [-0.15, -0.1) is 0 Å². The summed E-state index contributed by atoms with van der Waals surface area (Å²) in [4.78, 5) is 39.9. The Bertz CT molecular complexity index is 1400. The second-order valence-electron chi connectivity index (χ2n) is 12.6. The van der Waals surface area contributed by atoms with Gasteiger partial charge in [0, 0.05) is 24.3 Å². The maximum atomic E-state index is 14.4. The maximum absolute atomic E-state index is 14.4. The van der Waals surface area contributed by atoms with E-state index in [1.165, 1.54) is 4.90 Å². The van der Waals surface area contributed by atoms with Crippen LogP contribution < -0.4 is 10.2 Å². The summed E-state index contributed by atoms with van der Waals surface area (Å²) in [6.45, 7) is 7.07. The van der Waals surface area contributed by atoms with Gasteiger partial charge in [-0.1, -0.05) is 32.9 Å². The molecule has 1 atom stereocenters. The lowest BCUT2D eigenvalue weighted by Crippen LogP contribution is -2.49. The van der Waals surface area contributed by atoms with E-state index in [1.54, 1.807) is 29.2 Å². The van der Waals surface area contributed by atoms with Gasteiger partial charge in [0.1, 0.15) is 5.82 Å². The van der Waals surface area contributed by atoms with Crippen molar-refractivity contribution in [1.82, 2.24) is 10.2 Å². The van der Waals surface area contributed by atoms with E-state index in [2.05, 4.69) is 26.1 Å². The van der Waals surface area contributed by atoms with Crippen LogP contribution in [0, 0.1) is 22.6 Å². The minimum absolute atomic E-state index is 0.0103. The first-order valence-corrected chi connectivity index (χ1v) is 14.2. The van der Waals surface area contributed by atoms with Gasteiger partial charge in [-0.25, -0.2) is 9.18 Å². The third-order valence-electron chi connectivity index (χ3n) is 10.4. The molecule has 2 saturated carbocycles. The van der Waals surface area contributed by atoms with Crippen LogP contribution in [0.25, 0.3) is 0 Å². The molecule has 226 valence electrons. The summed E-state index contributed by atoms with van der Waals surface area (Å²) >= 11 is 0. The van der Waals surface area contributed by atoms with Crippen molar-refractivity contribution in [2.45, 2.75) is 71.1 Å². The number of nitrogens with one attached hydrogen (secondary N) is 1. The highest BCUT2D eigenvalue weighted by Gasteiger charge is 2.70. The Balaban J connectivity index is 1.41. The molecule has 1 saturated heterocycles. The number of rotatable bonds is 7. The van der Waals surface area contributed by atoms with Crippen LogP contribution in [-0.2, 0) is 17.5 Å². The number of carbonyl (C=O) groups is 3. The first kappa shape index (κ1) is 29.8. The highest BCUT2D eigenvalue weighted by atomic mass is 19.4. The SMILES string of the molecule is CC1C(C)(C)C12CCC1(CC2)CN(c2cc(F)cc(C(F)(F)F)c2)C(=O)N1Cc1ccc(C(=O)NCCC(=O)O)cc1. The van der Waals surface area contributed by atoms with Crippen LogP contribution in [0.2, 0.25) is 0 Å². The fourth-order valence-corrected chi connectivity index (χ4v) is 7.35. The van der Waals surface area contributed by atoms with E-state index in [0.29, 0.717) is 30.4 Å². The van der Waals surface area contributed by atoms with Crippen molar-refractivity contribution in [3.8, 4) is 0 Å². The zero-order valence-corrected chi connectivity index (χ0v) is 23.9. The molecule has 0 aromatic heterocycles. The van der Waals surface area contributed by atoms with E-state index >= 15 is 0 Å². The van der Waals surface area contributed by atoms with Gasteiger partial charge in [-0.05, 0) is 78.3 Å². The number of hydrogen-bond acceptors (Lipinski definition) is 3. The van der Waals surface area contributed by atoms with Crippen molar-refractivity contribution in [2.24, 2.45) is 16.7 Å². The molecule has 1 aliphatic heterocycles. The molecule has 2 aromatic rings. The number of hydrogen-bond donors (Lipinski definition) is 2. The van der Waals surface area contributed by atoms with Gasteiger partial charge >= 0.3 is 18.2 Å². The average molecular weight is 590 g/mol. The summed E-state index contributed by atoms with van der Waals surface area (Å²) in [7, 11) is 0. The Morgan fingerprint density at radius 3 is 2.21 bits per heavy atom. The average Bonchev–Trinajstić information content (AvgIpc) is 3.18. The van der Waals surface area contributed by atoms with Crippen molar-refractivity contribution in [2.75, 3.05) is 18.0 Å². The van der Waals surface area contributed by atoms with Crippen LogP contribution in [-0.4, -0.2) is 46.5 Å². The van der Waals surface area contributed by atoms with Crippen molar-refractivity contribution in [3.63, 3.8) is 0 Å². The molecule has 7 nitrogen and oxygen atoms in total. The highest BCUT2D eigenvalue weighted by Crippen LogP contribution is 2.75. The van der Waals surface area contributed by atoms with Gasteiger partial charge in [0.15, 0.2) is 0 Å². The molecule has 0 bridgehead atoms. The lowest BCUT2D eigenvalue weighted by Gasteiger charge is -2.44. The standard InChI is InChI=1S/C31H35F4N3O4/c1-19-28(2,3)30(19)11-9-29(10-12-30)18-37(24-15-22(31(33,34)35)14-23(32)16-24)27(42)38(29)17-20-4-6-21(7-5-20)26(41)36-13-8-25(39)40/h4-7,14-16,19H,8-13,17-18H2,1-3H3,(H,36,41)(H,39,40). The molecule has 5 rings (SSSR count). The second kappa shape index (κ2) is 10.3. The summed E-state index contributed by atoms with van der Waals surface area (Å²) in [5, 5.41) is 11.3. The zero-order valence-electron chi connectivity index (χ0n) is 23.9. The number of amides is 3. The summed E-state index contributed by atoms with van der Waals surface area (Å²) < 4.78 is 54.9. The fourth-order valence-electron chi connectivity index (χ4n) is 7.35. The van der Waals surface area contributed by atoms with Gasteiger partial charge in [0.05, 0.1) is 24.1 Å². The Labute approximate surface area is 241 Å². The second-order valence-corrected chi connectivity index (χ2v) is 12.6. The number of alkyl halides is 3. The molecule has 1 unspecified atom stereocenters. The van der Waals surface area contributed by atoms with Crippen LogP contribution >= 0.6 is 0 Å². The predicted molar refractivity (Wildman–Crippen MR) is 147 cm³/mol. The number of halogens is 4. The van der Waals surface area contributed by atoms with Crippen LogP contribution in [0.4, 0.5) is 28.0 Å². The lowest BCUT2D eigenvalue weighted by atomic mass is 9.71. The quantitative estimate of drug-likeness (QED) is 0.363. The number of carbonyl (C=O) groups excluding carboxylic acids is 2. The van der Waals surface area contributed by atoms with Gasteiger partial charge in [0.2, 0.25) is 0 Å². The van der Waals surface area contributed by atoms with Crippen molar-refractivity contribution >= 4 is 23.6 Å². The largest absolute Gasteiger partial charge is 0.481 e. The lowest BCUT2D eigenvalue weighted by molar-refractivity contribution is -0.138. The molecule has 2 aromatic carbocycles. The number of carboxylic acid groups (broad SMARTS) is 1. The van der Waals surface area contributed by atoms with Crippen LogP contribution in [0.5, 0.6) is 0 Å². The van der Waals surface area contributed by atoms with Crippen molar-refractivity contribution < 1.29 is 37.1 Å². The van der Waals surface area contributed by atoms with Gasteiger partial charge < -0.3 is 15.3 Å². The first-order valence-electron chi connectivity index (χ1n) is 14.2. The van der Waals surface area contributed by atoms with Crippen LogP contribution in [0.1, 0.15) is 74.4 Å². The number of nitrogens with zero attached hydrogens (tertiary/aromatic N) is 2. The molecule has 3 aliphatic rings. The Morgan fingerprint density at radius 2 is 1.67 bits per heavy atom. The molecule has 2 aliphatic carbocycles. The number of anilines is 1. The summed E-state index contributed by atoms with van der Waals surface area (Å²) in [6, 6.07) is 8.32. The molecule has 11 heteroatoms. The molecule has 1 heterocycles. The van der Waals surface area contributed by atoms with E-state index in [0.717, 1.165) is 30.5 Å². The topological polar surface area (TPSA) is 90.0 Å². The zero-order chi connectivity index (χ0) is 30.7. The predicted octanol–water partition coefficient (Wildman–Crippen LogP) is 6.47. The smallest absolute Gasteiger partial charge is 0.416 e. The van der Waals surface area contributed by atoms with Gasteiger partial charge in [-0.2, -0.15) is 13.2 Å². The summed E-state index contributed by atoms with van der Waals surface area (Å²) in [6.07, 6.45) is -1.85. The number of benzene rings is 2. The minimum Gasteiger partial charge on any atom is -0.481 e. The Hall–Kier alpha value is -3.63. The number of aliphatic carboxylic acids is 1. The summed E-state index contributed by atoms with van der Waals surface area (Å²) in [5.74, 6) is -1.98. The Morgan fingerprint density at radius 1 is 1.05 bits per heavy atom. The first-order chi connectivity index (χ1) is 19.6. The highest BCUT2D eigenvalue weighted by molar-refractivity contribution is 5.96. The van der Waals surface area contributed by atoms with Gasteiger partial charge in [0.25, 0.3) is 5.91 Å². The van der Waals surface area contributed by atoms with Crippen molar-refractivity contribution in [1.29, 1.82) is 0 Å². The molecule has 0 radical (unpaired) electrons. The van der Waals surface area contributed by atoms with Crippen molar-refractivity contribution in [3.05, 3.63) is 65.0 Å². The molecule has 2 spiro atoms. The van der Waals surface area contributed by atoms with Crippen LogP contribution in [0.3, 0.4) is 0 Å². The molecule has 2 N–H and O–H groups in total. The van der Waals surface area contributed by atoms with E-state index in [9.17, 15) is 31.9 Å². The normalized spacial score (nSPS) is 24.4. The minimum atomic E-state index is -4.76. The van der Waals surface area contributed by atoms with E-state index in [4.69, 9.17) is 5.11 Å². The molecule has 3 fully saturated rings. The third-order valence-corrected chi connectivity index (χ3v) is 10.4. The number of urea groups is 1. The van der Waals surface area contributed by atoms with E-state index < -0.39 is 41.0 Å². The fraction of sp³-hybridized carbons (Fsp3) is 0.516. The molecular formula is C31H35F4N3O4. The molecule has 3 amide bonds. The van der Waals surface area contributed by atoms with Crippen LogP contribution in [0.15, 0.2) is 42.5 Å². The van der Waals surface area contributed by atoms with E-state index in [1.807, 2.05) is 0 Å². The maximum Gasteiger partial charge on any atom is 0.416 e. The van der Waals surface area contributed by atoms with Gasteiger partial charge in [-0.3, -0.25) is 14.5 Å². The Kier molecular flexibility index (Phi) is 7.30. The monoisotopic (exact) mass is 589 g/mol. The molecule has 42 heavy (non-hydrogen) atoms. The number of carboxylic acids is 1. The third kappa shape index (κ3) is 5.11. The molecular weight excluding hydrogens is 554 g/mol. The van der Waals surface area contributed by atoms with E-state index in [-0.39, 0.29) is 42.6 Å².